The number of ether oxygens (including phenoxy) is 2. The Kier molecular flexibility index (Phi) is 14.0. The largest absolute Gasteiger partial charge is 0.480 e. The summed E-state index contributed by atoms with van der Waals surface area (Å²) in [6, 6.07) is -0.578. The second-order valence-corrected chi connectivity index (χ2v) is 8.38. The van der Waals surface area contributed by atoms with E-state index in [1.54, 1.807) is 47.6 Å². The molecule has 2 atom stereocenters. The van der Waals surface area contributed by atoms with Crippen molar-refractivity contribution in [3.05, 3.63) is 0 Å². The lowest BCUT2D eigenvalue weighted by Gasteiger charge is -2.21. The molecule has 0 rings (SSSR count). The van der Waals surface area contributed by atoms with Crippen molar-refractivity contribution < 1.29 is 38.9 Å². The summed E-state index contributed by atoms with van der Waals surface area (Å²) in [5.74, 6) is -2.39. The molecule has 0 aromatic heterocycles. The van der Waals surface area contributed by atoms with Crippen LogP contribution in [0.25, 0.3) is 0 Å². The highest BCUT2D eigenvalue weighted by molar-refractivity contribution is 6.13. The first-order chi connectivity index (χ1) is 14.0. The van der Waals surface area contributed by atoms with Crippen molar-refractivity contribution in [1.82, 2.24) is 15.5 Å². The molecule has 0 aliphatic carbocycles. The predicted octanol–water partition coefficient (Wildman–Crippen LogP) is 1.98. The van der Waals surface area contributed by atoms with Gasteiger partial charge in [0.15, 0.2) is 0 Å². The number of rotatable bonds is 8. The molecule has 2 amide bonds. The van der Waals surface area contributed by atoms with Crippen LogP contribution in [0.5, 0.6) is 0 Å². The molecule has 0 aliphatic heterocycles. The Balaban J connectivity index is 0. The Morgan fingerprint density at radius 2 is 1.29 bits per heavy atom. The molecule has 0 bridgehead atoms. The van der Waals surface area contributed by atoms with Crippen molar-refractivity contribution in [2.24, 2.45) is 0 Å². The number of nitriles is 1. The zero-order chi connectivity index (χ0) is 24.8. The van der Waals surface area contributed by atoms with Gasteiger partial charge in [-0.15, -0.1) is 0 Å². The summed E-state index contributed by atoms with van der Waals surface area (Å²) in [7, 11) is 0. The summed E-state index contributed by atoms with van der Waals surface area (Å²) in [5.41, 5.74) is -1.35. The van der Waals surface area contributed by atoms with Gasteiger partial charge in [0.25, 0.3) is 0 Å². The average Bonchev–Trinajstić information content (AvgIpc) is 2.55. The first kappa shape index (κ1) is 30.4. The molecule has 0 aromatic rings. The molecule has 13 heteroatoms. The maximum atomic E-state index is 11.3. The van der Waals surface area contributed by atoms with Gasteiger partial charge in [0.2, 0.25) is 0 Å². The topological polar surface area (TPSA) is 187 Å². The lowest BCUT2D eigenvalue weighted by Crippen LogP contribution is -2.44. The number of alkyl carbamates (subject to hydrolysis) is 2. The third-order valence-corrected chi connectivity index (χ3v) is 2.99. The molecule has 0 heterocycles. The molecule has 0 saturated heterocycles. The van der Waals surface area contributed by atoms with Crippen molar-refractivity contribution in [2.45, 2.75) is 77.7 Å². The number of nitrogens with one attached hydrogen (secondary N) is 3. The fraction of sp³-hybridized carbons (Fsp3) is 0.722. The molecule has 0 unspecified atom stereocenters. The molecule has 0 radical (unpaired) electrons. The fourth-order valence-electron chi connectivity index (χ4n) is 1.65. The molecular weight excluding hydrogens is 436 g/mol. The van der Waals surface area contributed by atoms with Gasteiger partial charge in [-0.2, -0.15) is 5.26 Å². The minimum Gasteiger partial charge on any atom is -0.480 e. The molecule has 0 aliphatic rings. The number of halogens is 1. The monoisotopic (exact) mass is 466 g/mol. The van der Waals surface area contributed by atoms with Gasteiger partial charge in [-0.3, -0.25) is 0 Å². The molecule has 0 spiro atoms. The van der Waals surface area contributed by atoms with E-state index < -0.39 is 47.4 Å². The standard InChI is InChI=1S/C9H17ClN2O4.C9H14N2O4/c1-9(2,3)16-8(15)12-6(7(13)14)4-5-11-10;1-9(2,3)15-8(14)11-6(4-5-10)7(12)13/h6,11H,4-5H2,1-3H3,(H,12,15)(H,13,14);6H,4H2,1-3H3,(H,11,14)(H,12,13)/t2*6-/m00/s1. The van der Waals surface area contributed by atoms with Crippen LogP contribution in [-0.4, -0.2) is 64.2 Å². The van der Waals surface area contributed by atoms with E-state index in [9.17, 15) is 19.2 Å². The summed E-state index contributed by atoms with van der Waals surface area (Å²) in [4.78, 5) is 46.1. The van der Waals surface area contributed by atoms with Gasteiger partial charge >= 0.3 is 24.1 Å². The molecule has 0 fully saturated rings. The van der Waals surface area contributed by atoms with E-state index in [1.165, 1.54) is 0 Å². The highest BCUT2D eigenvalue weighted by atomic mass is 35.5. The van der Waals surface area contributed by atoms with Gasteiger partial charge in [0.05, 0.1) is 12.5 Å². The van der Waals surface area contributed by atoms with E-state index >= 15 is 0 Å². The van der Waals surface area contributed by atoms with E-state index in [4.69, 9.17) is 36.7 Å². The summed E-state index contributed by atoms with van der Waals surface area (Å²) < 4.78 is 9.77. The van der Waals surface area contributed by atoms with Crippen LogP contribution in [0.15, 0.2) is 0 Å². The van der Waals surface area contributed by atoms with Gasteiger partial charge in [0.1, 0.15) is 23.3 Å². The Bertz CT molecular complexity index is 652. The average molecular weight is 467 g/mol. The van der Waals surface area contributed by atoms with Gasteiger partial charge < -0.3 is 30.3 Å². The van der Waals surface area contributed by atoms with Crippen LogP contribution in [0.1, 0.15) is 54.4 Å². The number of carbonyl (C=O) groups excluding carboxylic acids is 2. The third kappa shape index (κ3) is 19.0. The normalized spacial score (nSPS) is 12.7. The van der Waals surface area contributed by atoms with Crippen LogP contribution in [0.2, 0.25) is 0 Å². The Morgan fingerprint density at radius 3 is 1.58 bits per heavy atom. The van der Waals surface area contributed by atoms with Crippen LogP contribution in [0.4, 0.5) is 9.59 Å². The molecular formula is C18H31ClN4O8. The maximum absolute atomic E-state index is 11.3. The number of hydrogen-bond acceptors (Lipinski definition) is 8. The number of carbonyl (C=O) groups is 4. The van der Waals surface area contributed by atoms with Gasteiger partial charge in [-0.05, 0) is 59.7 Å². The number of amides is 2. The van der Waals surface area contributed by atoms with Crippen LogP contribution in [-0.2, 0) is 19.1 Å². The maximum Gasteiger partial charge on any atom is 0.408 e. The smallest absolute Gasteiger partial charge is 0.408 e. The SMILES string of the molecule is CC(C)(C)OC(=O)N[C@@H](CC#N)C(=O)O.CC(C)(C)OC(=O)N[C@@H](CCNCl)C(=O)O. The molecule has 12 nitrogen and oxygen atoms in total. The van der Waals surface area contributed by atoms with Crippen molar-refractivity contribution in [2.75, 3.05) is 6.54 Å². The number of aliphatic carboxylic acids is 2. The van der Waals surface area contributed by atoms with Gasteiger partial charge in [-0.1, -0.05) is 0 Å². The number of carboxylic acids is 2. The third-order valence-electron chi connectivity index (χ3n) is 2.80. The Morgan fingerprint density at radius 1 is 0.903 bits per heavy atom. The first-order valence-corrected chi connectivity index (χ1v) is 9.55. The fourth-order valence-corrected chi connectivity index (χ4v) is 1.76. The Labute approximate surface area is 186 Å². The molecule has 31 heavy (non-hydrogen) atoms. The van der Waals surface area contributed by atoms with Crippen LogP contribution < -0.4 is 15.5 Å². The summed E-state index contributed by atoms with van der Waals surface area (Å²) in [6.07, 6.45) is -1.72. The van der Waals surface area contributed by atoms with E-state index in [1.807, 2.05) is 0 Å². The van der Waals surface area contributed by atoms with Crippen molar-refractivity contribution in [3.63, 3.8) is 0 Å². The zero-order valence-corrected chi connectivity index (χ0v) is 19.2. The summed E-state index contributed by atoms with van der Waals surface area (Å²) in [6.45, 7) is 10.3. The van der Waals surface area contributed by atoms with E-state index in [2.05, 4.69) is 15.5 Å². The van der Waals surface area contributed by atoms with Crippen molar-refractivity contribution >= 4 is 35.9 Å². The molecule has 0 saturated carbocycles. The van der Waals surface area contributed by atoms with Crippen molar-refractivity contribution in [3.8, 4) is 6.07 Å². The lowest BCUT2D eigenvalue weighted by atomic mass is 10.2. The van der Waals surface area contributed by atoms with Crippen LogP contribution in [0, 0.1) is 11.3 Å². The summed E-state index contributed by atoms with van der Waals surface area (Å²) in [5, 5.41) is 30.1. The molecule has 0 aromatic carbocycles. The second kappa shape index (κ2) is 14.3. The predicted molar refractivity (Wildman–Crippen MR) is 110 cm³/mol. The van der Waals surface area contributed by atoms with Crippen LogP contribution in [0.3, 0.4) is 0 Å². The summed E-state index contributed by atoms with van der Waals surface area (Å²) >= 11 is 5.21. The van der Waals surface area contributed by atoms with Crippen molar-refractivity contribution in [1.29, 1.82) is 5.26 Å². The van der Waals surface area contributed by atoms with E-state index in [0.717, 1.165) is 0 Å². The number of hydrogen-bond donors (Lipinski definition) is 5. The van der Waals surface area contributed by atoms with Crippen LogP contribution >= 0.6 is 11.8 Å². The number of carboxylic acid groups (broad SMARTS) is 2. The highest BCUT2D eigenvalue weighted by Gasteiger charge is 2.24. The number of nitrogens with zero attached hydrogens (tertiary/aromatic N) is 1. The highest BCUT2D eigenvalue weighted by Crippen LogP contribution is 2.08. The molecule has 178 valence electrons. The minimum atomic E-state index is -1.26. The lowest BCUT2D eigenvalue weighted by molar-refractivity contribution is -0.140. The second-order valence-electron chi connectivity index (χ2n) is 8.11. The van der Waals surface area contributed by atoms with E-state index in [-0.39, 0.29) is 19.4 Å². The minimum absolute atomic E-state index is 0.179. The quantitative estimate of drug-likeness (QED) is 0.331. The van der Waals surface area contributed by atoms with Gasteiger partial charge in [0, 0.05) is 6.54 Å². The zero-order valence-electron chi connectivity index (χ0n) is 18.4. The molecule has 5 N–H and O–H groups in total. The Hall–Kier alpha value is -2.78. The van der Waals surface area contributed by atoms with Gasteiger partial charge in [-0.25, -0.2) is 24.0 Å². The first-order valence-electron chi connectivity index (χ1n) is 9.17. The van der Waals surface area contributed by atoms with E-state index in [0.29, 0.717) is 0 Å².